The van der Waals surface area contributed by atoms with E-state index in [4.69, 9.17) is 27.9 Å². The minimum Gasteiger partial charge on any atom is -0.469 e. The molecule has 0 bridgehead atoms. The first kappa shape index (κ1) is 15.6. The van der Waals surface area contributed by atoms with E-state index < -0.39 is 0 Å². The summed E-state index contributed by atoms with van der Waals surface area (Å²) in [6.45, 7) is 0.726. The molecular formula is C15H19Cl2NO2. The molecule has 2 rings (SSSR count). The smallest absolute Gasteiger partial charge is 0.308 e. The molecule has 0 amide bonds. The fraction of sp³-hybridized carbons (Fsp3) is 0.533. The molecule has 5 heteroatoms. The fourth-order valence-corrected chi connectivity index (χ4v) is 3.09. The van der Waals surface area contributed by atoms with Crippen molar-refractivity contribution in [1.29, 1.82) is 0 Å². The maximum atomic E-state index is 11.5. The molecule has 1 aromatic rings. The fourth-order valence-electron chi connectivity index (χ4n) is 2.62. The first-order valence-electron chi connectivity index (χ1n) is 6.85. The third-order valence-electron chi connectivity index (χ3n) is 3.86. The number of methoxy groups -OCH3 is 1. The summed E-state index contributed by atoms with van der Waals surface area (Å²) in [5.41, 5.74) is 1.05. The molecule has 0 atom stereocenters. The minimum absolute atomic E-state index is 0.0668. The highest BCUT2D eigenvalue weighted by molar-refractivity contribution is 6.35. The van der Waals surface area contributed by atoms with Gasteiger partial charge in [-0.05, 0) is 43.4 Å². The van der Waals surface area contributed by atoms with Gasteiger partial charge in [0.2, 0.25) is 0 Å². The van der Waals surface area contributed by atoms with E-state index in [1.165, 1.54) is 7.11 Å². The lowest BCUT2D eigenvalue weighted by molar-refractivity contribution is -0.146. The molecule has 1 saturated carbocycles. The molecule has 0 aromatic heterocycles. The number of rotatable bonds is 4. The Kier molecular flexibility index (Phi) is 5.70. The molecule has 0 heterocycles. The minimum atomic E-state index is -0.0794. The maximum Gasteiger partial charge on any atom is 0.308 e. The highest BCUT2D eigenvalue weighted by Crippen LogP contribution is 2.26. The molecule has 1 N–H and O–H groups in total. The van der Waals surface area contributed by atoms with Crippen LogP contribution in [-0.2, 0) is 16.1 Å². The molecule has 0 aliphatic heterocycles. The van der Waals surface area contributed by atoms with Crippen LogP contribution in [0, 0.1) is 5.92 Å². The number of ether oxygens (including phenoxy) is 1. The number of carbonyl (C=O) groups is 1. The summed E-state index contributed by atoms with van der Waals surface area (Å²) >= 11 is 12.0. The lowest BCUT2D eigenvalue weighted by Gasteiger charge is -2.27. The van der Waals surface area contributed by atoms with E-state index in [1.807, 2.05) is 12.1 Å². The predicted octanol–water partition coefficient (Wildman–Crippen LogP) is 3.81. The second-order valence-corrected chi connectivity index (χ2v) is 6.03. The Hall–Kier alpha value is -0.770. The van der Waals surface area contributed by atoms with Gasteiger partial charge in [-0.2, -0.15) is 0 Å². The highest BCUT2D eigenvalue weighted by atomic mass is 35.5. The van der Waals surface area contributed by atoms with Crippen LogP contribution in [0.15, 0.2) is 18.2 Å². The molecule has 1 fully saturated rings. The Bertz CT molecular complexity index is 471. The number of carbonyl (C=O) groups excluding carboxylic acids is 1. The first-order chi connectivity index (χ1) is 9.60. The summed E-state index contributed by atoms with van der Waals surface area (Å²) in [4.78, 5) is 11.5. The Balaban J connectivity index is 1.80. The van der Waals surface area contributed by atoms with Crippen molar-refractivity contribution in [3.05, 3.63) is 33.8 Å². The van der Waals surface area contributed by atoms with E-state index in [2.05, 4.69) is 5.32 Å². The average Bonchev–Trinajstić information content (AvgIpc) is 2.46. The van der Waals surface area contributed by atoms with E-state index in [1.54, 1.807) is 6.07 Å². The zero-order valence-electron chi connectivity index (χ0n) is 11.5. The van der Waals surface area contributed by atoms with Crippen LogP contribution in [-0.4, -0.2) is 19.1 Å². The third kappa shape index (κ3) is 4.11. The standard InChI is InChI=1S/C15H19Cl2NO2/c1-20-15(19)10-3-6-13(7-4-10)18-9-11-2-5-12(16)8-14(11)17/h2,5,8,10,13,18H,3-4,6-7,9H2,1H3. The number of hydrogen-bond donors (Lipinski definition) is 1. The van der Waals surface area contributed by atoms with E-state index in [0.29, 0.717) is 16.1 Å². The molecule has 0 unspecified atom stereocenters. The summed E-state index contributed by atoms with van der Waals surface area (Å²) < 4.78 is 4.79. The topological polar surface area (TPSA) is 38.3 Å². The lowest BCUT2D eigenvalue weighted by Crippen LogP contribution is -2.34. The second-order valence-electron chi connectivity index (χ2n) is 5.19. The van der Waals surface area contributed by atoms with E-state index >= 15 is 0 Å². The SMILES string of the molecule is COC(=O)C1CCC(NCc2ccc(Cl)cc2Cl)CC1. The number of halogens is 2. The van der Waals surface area contributed by atoms with Crippen LogP contribution in [0.3, 0.4) is 0 Å². The van der Waals surface area contributed by atoms with Gasteiger partial charge >= 0.3 is 5.97 Å². The van der Waals surface area contributed by atoms with Gasteiger partial charge in [0.1, 0.15) is 0 Å². The summed E-state index contributed by atoms with van der Waals surface area (Å²) in [5.74, 6) is -0.0126. The first-order valence-corrected chi connectivity index (χ1v) is 7.61. The number of benzene rings is 1. The van der Waals surface area contributed by atoms with E-state index in [0.717, 1.165) is 37.8 Å². The zero-order chi connectivity index (χ0) is 14.5. The predicted molar refractivity (Wildman–Crippen MR) is 81.1 cm³/mol. The molecule has 0 radical (unpaired) electrons. The van der Waals surface area contributed by atoms with Crippen molar-refractivity contribution in [2.45, 2.75) is 38.3 Å². The molecule has 1 aliphatic rings. The van der Waals surface area contributed by atoms with Crippen molar-refractivity contribution in [1.82, 2.24) is 5.32 Å². The molecule has 20 heavy (non-hydrogen) atoms. The molecular weight excluding hydrogens is 297 g/mol. The average molecular weight is 316 g/mol. The number of hydrogen-bond acceptors (Lipinski definition) is 3. The van der Waals surface area contributed by atoms with Crippen LogP contribution < -0.4 is 5.32 Å². The van der Waals surface area contributed by atoms with Crippen LogP contribution in [0.1, 0.15) is 31.2 Å². The molecule has 3 nitrogen and oxygen atoms in total. The van der Waals surface area contributed by atoms with Gasteiger partial charge in [0.05, 0.1) is 13.0 Å². The maximum absolute atomic E-state index is 11.5. The molecule has 0 spiro atoms. The van der Waals surface area contributed by atoms with E-state index in [-0.39, 0.29) is 11.9 Å². The second kappa shape index (κ2) is 7.30. The monoisotopic (exact) mass is 315 g/mol. The molecule has 110 valence electrons. The Morgan fingerprint density at radius 2 is 2.00 bits per heavy atom. The van der Waals surface area contributed by atoms with Gasteiger partial charge in [0, 0.05) is 22.6 Å². The van der Waals surface area contributed by atoms with Crippen molar-refractivity contribution < 1.29 is 9.53 Å². The van der Waals surface area contributed by atoms with Crippen LogP contribution in [0.5, 0.6) is 0 Å². The number of nitrogens with one attached hydrogen (secondary N) is 1. The van der Waals surface area contributed by atoms with Crippen molar-refractivity contribution in [3.8, 4) is 0 Å². The summed E-state index contributed by atoms with van der Waals surface area (Å²) in [7, 11) is 1.45. The Labute approximate surface area is 129 Å². The molecule has 1 aromatic carbocycles. The molecule has 1 aliphatic carbocycles. The zero-order valence-corrected chi connectivity index (χ0v) is 13.0. The van der Waals surface area contributed by atoms with Crippen molar-refractivity contribution in [2.75, 3.05) is 7.11 Å². The van der Waals surface area contributed by atoms with Gasteiger partial charge < -0.3 is 10.1 Å². The van der Waals surface area contributed by atoms with Crippen molar-refractivity contribution in [3.63, 3.8) is 0 Å². The normalized spacial score (nSPS) is 22.6. The van der Waals surface area contributed by atoms with Crippen LogP contribution in [0.2, 0.25) is 10.0 Å². The largest absolute Gasteiger partial charge is 0.469 e. The Morgan fingerprint density at radius 3 is 2.60 bits per heavy atom. The van der Waals surface area contributed by atoms with Crippen molar-refractivity contribution in [2.24, 2.45) is 5.92 Å². The van der Waals surface area contributed by atoms with Gasteiger partial charge in [-0.1, -0.05) is 29.3 Å². The third-order valence-corrected chi connectivity index (χ3v) is 4.44. The molecule has 0 saturated heterocycles. The summed E-state index contributed by atoms with van der Waals surface area (Å²) in [6, 6.07) is 5.98. The van der Waals surface area contributed by atoms with Gasteiger partial charge in [0.15, 0.2) is 0 Å². The summed E-state index contributed by atoms with van der Waals surface area (Å²) in [5, 5.41) is 4.83. The Morgan fingerprint density at radius 1 is 1.30 bits per heavy atom. The lowest BCUT2D eigenvalue weighted by atomic mass is 9.86. The quantitative estimate of drug-likeness (QED) is 0.858. The highest BCUT2D eigenvalue weighted by Gasteiger charge is 2.26. The van der Waals surface area contributed by atoms with Crippen LogP contribution in [0.4, 0.5) is 0 Å². The van der Waals surface area contributed by atoms with Gasteiger partial charge in [-0.3, -0.25) is 4.79 Å². The van der Waals surface area contributed by atoms with Crippen LogP contribution in [0.25, 0.3) is 0 Å². The van der Waals surface area contributed by atoms with Gasteiger partial charge in [-0.25, -0.2) is 0 Å². The van der Waals surface area contributed by atoms with Crippen LogP contribution >= 0.6 is 23.2 Å². The van der Waals surface area contributed by atoms with Crippen molar-refractivity contribution >= 4 is 29.2 Å². The van der Waals surface area contributed by atoms with E-state index in [9.17, 15) is 4.79 Å². The van der Waals surface area contributed by atoms with Gasteiger partial charge in [0.25, 0.3) is 0 Å². The number of esters is 1. The van der Waals surface area contributed by atoms with Gasteiger partial charge in [-0.15, -0.1) is 0 Å². The summed E-state index contributed by atoms with van der Waals surface area (Å²) in [6.07, 6.45) is 3.76.